The fourth-order valence-corrected chi connectivity index (χ4v) is 7.73. The van der Waals surface area contributed by atoms with Gasteiger partial charge in [0.1, 0.15) is 16.9 Å². The van der Waals surface area contributed by atoms with E-state index in [0.29, 0.717) is 0 Å². The number of hydrogen-bond donors (Lipinski definition) is 0. The lowest BCUT2D eigenvalue weighted by Gasteiger charge is -2.14. The number of para-hydroxylation sites is 6. The van der Waals surface area contributed by atoms with Crippen LogP contribution in [0.4, 0.5) is 0 Å². The number of rotatable bonds is 3. The largest absolute Gasteiger partial charge is 0.456 e. The van der Waals surface area contributed by atoms with Crippen LogP contribution in [0.25, 0.3) is 99.3 Å². The van der Waals surface area contributed by atoms with E-state index in [0.717, 1.165) is 83.1 Å². The maximum Gasteiger partial charge on any atom is 0.165 e. The zero-order chi connectivity index (χ0) is 32.1. The first kappa shape index (κ1) is 26.4. The van der Waals surface area contributed by atoms with Crippen molar-refractivity contribution in [1.29, 1.82) is 0 Å². The molecule has 4 aromatic heterocycles. The van der Waals surface area contributed by atoms with Gasteiger partial charge in [-0.2, -0.15) is 0 Å². The van der Waals surface area contributed by atoms with Crippen LogP contribution in [0, 0.1) is 0 Å². The first-order chi connectivity index (χ1) is 24.3. The molecule has 7 aromatic carbocycles. The Morgan fingerprint density at radius 2 is 1.00 bits per heavy atom. The Morgan fingerprint density at radius 3 is 1.80 bits per heavy atom. The summed E-state index contributed by atoms with van der Waals surface area (Å²) in [6, 6.07) is 55.3. The van der Waals surface area contributed by atoms with E-state index in [4.69, 9.17) is 14.4 Å². The van der Waals surface area contributed by atoms with E-state index < -0.39 is 0 Å². The zero-order valence-electron chi connectivity index (χ0n) is 26.2. The fraction of sp³-hybridized carbons (Fsp3) is 0. The van der Waals surface area contributed by atoms with Gasteiger partial charge in [-0.1, -0.05) is 91.0 Å². The lowest BCUT2D eigenvalue weighted by Crippen LogP contribution is -2.03. The highest BCUT2D eigenvalue weighted by atomic mass is 16.3. The Morgan fingerprint density at radius 1 is 0.388 bits per heavy atom. The van der Waals surface area contributed by atoms with Crippen LogP contribution >= 0.6 is 0 Å². The molecule has 0 aliphatic carbocycles. The summed E-state index contributed by atoms with van der Waals surface area (Å²) >= 11 is 0. The topological polar surface area (TPSA) is 48.8 Å². The molecule has 0 atom stereocenters. The van der Waals surface area contributed by atoms with Crippen molar-refractivity contribution < 1.29 is 4.42 Å². The molecule has 0 saturated carbocycles. The van der Waals surface area contributed by atoms with Crippen LogP contribution in [0.1, 0.15) is 0 Å². The average molecular weight is 627 g/mol. The highest BCUT2D eigenvalue weighted by Gasteiger charge is 2.22. The molecule has 5 nitrogen and oxygen atoms in total. The molecular weight excluding hydrogens is 601 g/mol. The minimum atomic E-state index is 0.795. The maximum atomic E-state index is 6.35. The van der Waals surface area contributed by atoms with Crippen LogP contribution in [0.3, 0.4) is 0 Å². The van der Waals surface area contributed by atoms with E-state index >= 15 is 0 Å². The third kappa shape index (κ3) is 3.75. The lowest BCUT2D eigenvalue weighted by atomic mass is 10.1. The second kappa shape index (κ2) is 9.89. The van der Waals surface area contributed by atoms with Crippen molar-refractivity contribution in [3.63, 3.8) is 0 Å². The van der Waals surface area contributed by atoms with Gasteiger partial charge in [0.05, 0.1) is 33.1 Å². The minimum absolute atomic E-state index is 0.795. The molecule has 4 heterocycles. The number of fused-ring (bicyclic) bond motifs is 10. The summed E-state index contributed by atoms with van der Waals surface area (Å²) in [7, 11) is 0. The molecule has 0 radical (unpaired) electrons. The van der Waals surface area contributed by atoms with E-state index in [2.05, 4.69) is 130 Å². The Bertz CT molecular complexity index is 3110. The molecule has 49 heavy (non-hydrogen) atoms. The average Bonchev–Trinajstić information content (AvgIpc) is 3.80. The molecule has 0 N–H and O–H groups in total. The van der Waals surface area contributed by atoms with Crippen molar-refractivity contribution in [3.05, 3.63) is 158 Å². The van der Waals surface area contributed by atoms with Gasteiger partial charge in [0.2, 0.25) is 0 Å². The van der Waals surface area contributed by atoms with Crippen LogP contribution in [0.5, 0.6) is 0 Å². The van der Waals surface area contributed by atoms with Gasteiger partial charge in [0, 0.05) is 43.6 Å². The predicted molar refractivity (Wildman–Crippen MR) is 201 cm³/mol. The number of aromatic nitrogens is 4. The second-order valence-corrected chi connectivity index (χ2v) is 12.6. The van der Waals surface area contributed by atoms with Gasteiger partial charge in [0.25, 0.3) is 0 Å². The SMILES string of the molecule is c1ccc(-n2c3ccccc3c3cc(-c4nc5ccccc5nc4-n4c5ccccc5c5cc6oc7ccccc7c6cc54)ccc32)cc1. The third-order valence-electron chi connectivity index (χ3n) is 9.90. The number of furan rings is 1. The van der Waals surface area contributed by atoms with E-state index in [-0.39, 0.29) is 0 Å². The molecule has 228 valence electrons. The number of hydrogen-bond acceptors (Lipinski definition) is 3. The monoisotopic (exact) mass is 626 g/mol. The summed E-state index contributed by atoms with van der Waals surface area (Å²) in [4.78, 5) is 10.8. The maximum absolute atomic E-state index is 6.35. The van der Waals surface area contributed by atoms with Gasteiger partial charge < -0.3 is 8.98 Å². The quantitative estimate of drug-likeness (QED) is 0.196. The van der Waals surface area contributed by atoms with Gasteiger partial charge in [0.15, 0.2) is 5.82 Å². The molecule has 0 aliphatic heterocycles. The molecule has 0 bridgehead atoms. The van der Waals surface area contributed by atoms with Gasteiger partial charge in [-0.3, -0.25) is 4.57 Å². The van der Waals surface area contributed by atoms with E-state index in [9.17, 15) is 0 Å². The Hall–Kier alpha value is -6.72. The van der Waals surface area contributed by atoms with Crippen LogP contribution in [-0.2, 0) is 0 Å². The van der Waals surface area contributed by atoms with Gasteiger partial charge >= 0.3 is 0 Å². The molecule has 0 spiro atoms. The van der Waals surface area contributed by atoms with E-state index in [1.54, 1.807) is 0 Å². The normalized spacial score (nSPS) is 12.1. The van der Waals surface area contributed by atoms with Crippen molar-refractivity contribution in [2.45, 2.75) is 0 Å². The van der Waals surface area contributed by atoms with Crippen LogP contribution in [0.15, 0.2) is 162 Å². The zero-order valence-corrected chi connectivity index (χ0v) is 26.2. The first-order valence-corrected chi connectivity index (χ1v) is 16.5. The van der Waals surface area contributed by atoms with E-state index in [1.807, 2.05) is 36.4 Å². The van der Waals surface area contributed by atoms with Crippen LogP contribution in [-0.4, -0.2) is 19.1 Å². The molecule has 0 fully saturated rings. The highest BCUT2D eigenvalue weighted by molar-refractivity contribution is 6.17. The Balaban J connectivity index is 1.25. The molecule has 5 heteroatoms. The van der Waals surface area contributed by atoms with E-state index in [1.165, 1.54) is 16.3 Å². The Labute approximate surface area is 279 Å². The smallest absolute Gasteiger partial charge is 0.165 e. The van der Waals surface area contributed by atoms with Crippen molar-refractivity contribution in [2.75, 3.05) is 0 Å². The summed E-state index contributed by atoms with van der Waals surface area (Å²) < 4.78 is 11.0. The minimum Gasteiger partial charge on any atom is -0.456 e. The van der Waals surface area contributed by atoms with Crippen molar-refractivity contribution in [2.24, 2.45) is 0 Å². The van der Waals surface area contributed by atoms with Gasteiger partial charge in [-0.25, -0.2) is 9.97 Å². The molecule has 0 aliphatic rings. The number of benzene rings is 7. The van der Waals surface area contributed by atoms with Gasteiger partial charge in [-0.15, -0.1) is 0 Å². The van der Waals surface area contributed by atoms with Crippen LogP contribution in [0.2, 0.25) is 0 Å². The van der Waals surface area contributed by atoms with Gasteiger partial charge in [-0.05, 0) is 66.7 Å². The summed E-state index contributed by atoms with van der Waals surface area (Å²) in [5.74, 6) is 0.795. The molecule has 11 aromatic rings. The molecule has 0 unspecified atom stereocenters. The molecule has 11 rings (SSSR count). The standard InChI is InChI=1S/C44H26N4O/c1-2-12-28(13-3-1)47-37-19-9-4-14-29(37)32-24-27(22-23-39(32)47)43-44(46-36-18-8-7-17-35(36)45-43)48-38-20-10-5-15-30(38)33-26-42-34(25-40(33)48)31-16-6-11-21-41(31)49-42/h1-26H. The van der Waals surface area contributed by atoms with Crippen molar-refractivity contribution in [1.82, 2.24) is 19.1 Å². The lowest BCUT2D eigenvalue weighted by molar-refractivity contribution is 0.669. The Kier molecular flexibility index (Phi) is 5.32. The third-order valence-corrected chi connectivity index (χ3v) is 9.90. The van der Waals surface area contributed by atoms with Crippen molar-refractivity contribution in [3.8, 4) is 22.8 Å². The predicted octanol–water partition coefficient (Wildman–Crippen LogP) is 11.4. The summed E-state index contributed by atoms with van der Waals surface area (Å²) in [5, 5.41) is 6.81. The molecular formula is C44H26N4O. The summed E-state index contributed by atoms with van der Waals surface area (Å²) in [6.45, 7) is 0. The second-order valence-electron chi connectivity index (χ2n) is 12.6. The molecule has 0 saturated heterocycles. The fourth-order valence-electron chi connectivity index (χ4n) is 7.73. The van der Waals surface area contributed by atoms with Crippen molar-refractivity contribution >= 4 is 76.6 Å². The summed E-state index contributed by atoms with van der Waals surface area (Å²) in [6.07, 6.45) is 0. The summed E-state index contributed by atoms with van der Waals surface area (Å²) in [5.41, 5.74) is 10.9. The number of nitrogens with zero attached hydrogens (tertiary/aromatic N) is 4. The molecule has 0 amide bonds. The van der Waals surface area contributed by atoms with Crippen LogP contribution < -0.4 is 0 Å². The first-order valence-electron chi connectivity index (χ1n) is 16.5. The highest BCUT2D eigenvalue weighted by Crippen LogP contribution is 2.41.